The first-order valence-electron chi connectivity index (χ1n) is 14.3. The predicted molar refractivity (Wildman–Crippen MR) is 159 cm³/mol. The maximum Gasteiger partial charge on any atom is 0.00150 e. The molecule has 0 aromatic heterocycles. The van der Waals surface area contributed by atoms with Crippen LogP contribution in [0, 0.1) is 44.8 Å². The number of rotatable bonds is 4. The Morgan fingerprint density at radius 1 is 0.686 bits per heavy atom. The van der Waals surface area contributed by atoms with Gasteiger partial charge in [0.15, 0.2) is 0 Å². The third-order valence-corrected chi connectivity index (χ3v) is 8.74. The zero-order chi connectivity index (χ0) is 27.4. The molecule has 0 nitrogen and oxygen atoms in total. The highest BCUT2D eigenvalue weighted by Crippen LogP contribution is 2.51. The summed E-state index contributed by atoms with van der Waals surface area (Å²) in [4.78, 5) is 0. The summed E-state index contributed by atoms with van der Waals surface area (Å²) >= 11 is 0. The fourth-order valence-corrected chi connectivity index (χ4v) is 6.25. The fourth-order valence-electron chi connectivity index (χ4n) is 6.25. The van der Waals surface area contributed by atoms with Crippen molar-refractivity contribution in [2.75, 3.05) is 0 Å². The van der Waals surface area contributed by atoms with Crippen LogP contribution < -0.4 is 0 Å². The maximum absolute atomic E-state index is 2.63. The molecule has 200 valence electrons. The molecule has 35 heavy (non-hydrogen) atoms. The minimum absolute atomic E-state index is 0.191. The number of hydrogen-bond acceptors (Lipinski definition) is 0. The Bertz CT molecular complexity index is 897. The minimum atomic E-state index is 0.191. The van der Waals surface area contributed by atoms with Gasteiger partial charge >= 0.3 is 0 Å². The molecule has 0 fully saturated rings. The topological polar surface area (TPSA) is 0 Å². The van der Waals surface area contributed by atoms with Crippen molar-refractivity contribution >= 4 is 0 Å². The van der Waals surface area contributed by atoms with E-state index in [4.69, 9.17) is 0 Å². The molecule has 0 spiro atoms. The van der Waals surface area contributed by atoms with E-state index in [9.17, 15) is 0 Å². The molecule has 0 bridgehead atoms. The molecule has 0 saturated heterocycles. The Morgan fingerprint density at radius 2 is 1.23 bits per heavy atom. The van der Waals surface area contributed by atoms with Crippen molar-refractivity contribution in [3.63, 3.8) is 0 Å². The summed E-state index contributed by atoms with van der Waals surface area (Å²) in [6.07, 6.45) is 11.4. The van der Waals surface area contributed by atoms with Gasteiger partial charge in [0.05, 0.1) is 0 Å². The van der Waals surface area contributed by atoms with Gasteiger partial charge in [-0.25, -0.2) is 0 Å². The lowest BCUT2D eigenvalue weighted by Crippen LogP contribution is -2.31. The van der Waals surface area contributed by atoms with E-state index in [1.807, 2.05) is 0 Å². The van der Waals surface area contributed by atoms with Gasteiger partial charge in [-0.05, 0) is 71.7 Å². The van der Waals surface area contributed by atoms with Crippen molar-refractivity contribution in [1.82, 2.24) is 0 Å². The monoisotopic (exact) mass is 480 g/mol. The van der Waals surface area contributed by atoms with Crippen LogP contribution in [0.4, 0.5) is 0 Å². The molecule has 0 N–H and O–H groups in total. The van der Waals surface area contributed by atoms with E-state index in [0.29, 0.717) is 23.2 Å². The lowest BCUT2D eigenvalue weighted by Gasteiger charge is -2.43. The highest BCUT2D eigenvalue weighted by atomic mass is 14.4. The van der Waals surface area contributed by atoms with Crippen LogP contribution in [-0.2, 0) is 0 Å². The van der Waals surface area contributed by atoms with Gasteiger partial charge in [-0.1, -0.05) is 137 Å². The van der Waals surface area contributed by atoms with Crippen LogP contribution >= 0.6 is 0 Å². The van der Waals surface area contributed by atoms with Crippen LogP contribution in [0.3, 0.4) is 0 Å². The summed E-state index contributed by atoms with van der Waals surface area (Å²) in [6, 6.07) is 0. The van der Waals surface area contributed by atoms with Gasteiger partial charge in [-0.15, -0.1) is 0 Å². The van der Waals surface area contributed by atoms with E-state index in [1.165, 1.54) is 24.8 Å². The summed E-state index contributed by atoms with van der Waals surface area (Å²) in [5.41, 5.74) is 9.31. The third kappa shape index (κ3) is 7.49. The lowest BCUT2D eigenvalue weighted by atomic mass is 9.61. The zero-order valence-corrected chi connectivity index (χ0v) is 26.6. The Labute approximate surface area is 220 Å². The van der Waals surface area contributed by atoms with E-state index < -0.39 is 0 Å². The largest absolute Gasteiger partial charge is 0.0776 e. The molecule has 0 saturated carbocycles. The summed E-state index contributed by atoms with van der Waals surface area (Å²) < 4.78 is 0. The Balaban J connectivity index is 2.44. The summed E-state index contributed by atoms with van der Waals surface area (Å²) in [6.45, 7) is 38.7. The first-order valence-corrected chi connectivity index (χ1v) is 14.3. The highest BCUT2D eigenvalue weighted by Gasteiger charge is 2.39. The number of allylic oxidation sites excluding steroid dienone is 8. The molecule has 2 aliphatic rings. The minimum Gasteiger partial charge on any atom is -0.0776 e. The molecule has 0 heteroatoms. The van der Waals surface area contributed by atoms with Crippen molar-refractivity contribution in [1.29, 1.82) is 0 Å². The molecule has 3 atom stereocenters. The second-order valence-electron chi connectivity index (χ2n) is 17.0. The van der Waals surface area contributed by atoms with Gasteiger partial charge in [-0.2, -0.15) is 0 Å². The van der Waals surface area contributed by atoms with E-state index in [1.54, 1.807) is 22.3 Å². The third-order valence-electron chi connectivity index (χ3n) is 8.74. The van der Waals surface area contributed by atoms with Crippen molar-refractivity contribution in [3.8, 4) is 0 Å². The van der Waals surface area contributed by atoms with Crippen molar-refractivity contribution < 1.29 is 0 Å². The lowest BCUT2D eigenvalue weighted by molar-refractivity contribution is 0.254. The standard InChI is InChI=1S/C35H60/c1-23-17-25(31(3,4)5)19-29(33(9,10)11)27(23)21-35(15,16)22-28-24(2)18-26(32(6,7)8)20-30(28)34(12,13)14/h17-19,25-27H,20-22H2,1-16H3. The molecule has 0 radical (unpaired) electrons. The summed E-state index contributed by atoms with van der Waals surface area (Å²) in [7, 11) is 0. The molecule has 0 aliphatic heterocycles. The molecule has 0 heterocycles. The quantitative estimate of drug-likeness (QED) is 0.351. The van der Waals surface area contributed by atoms with E-state index in [-0.39, 0.29) is 21.7 Å². The Hall–Kier alpha value is -1.04. The zero-order valence-electron chi connectivity index (χ0n) is 26.6. The highest BCUT2D eigenvalue weighted by molar-refractivity contribution is 5.42. The first-order chi connectivity index (χ1) is 15.4. The average molecular weight is 481 g/mol. The van der Waals surface area contributed by atoms with Crippen LogP contribution in [0.5, 0.6) is 0 Å². The van der Waals surface area contributed by atoms with Gasteiger partial charge < -0.3 is 0 Å². The van der Waals surface area contributed by atoms with Crippen molar-refractivity contribution in [3.05, 3.63) is 46.1 Å². The predicted octanol–water partition coefficient (Wildman–Crippen LogP) is 11.4. The van der Waals surface area contributed by atoms with Crippen LogP contribution in [0.1, 0.15) is 130 Å². The Kier molecular flexibility index (Phi) is 8.35. The van der Waals surface area contributed by atoms with E-state index in [2.05, 4.69) is 129 Å². The molecule has 0 amide bonds. The van der Waals surface area contributed by atoms with Crippen molar-refractivity contribution in [2.45, 2.75) is 130 Å². The summed E-state index contributed by atoms with van der Waals surface area (Å²) in [5.74, 6) is 1.68. The molecule has 2 aliphatic carbocycles. The molecule has 0 aromatic carbocycles. The van der Waals surface area contributed by atoms with Gasteiger partial charge in [-0.3, -0.25) is 0 Å². The number of hydrogen-bond donors (Lipinski definition) is 0. The molecule has 2 rings (SSSR count). The molecular weight excluding hydrogens is 420 g/mol. The normalized spacial score (nSPS) is 25.4. The van der Waals surface area contributed by atoms with Crippen molar-refractivity contribution in [2.24, 2.45) is 44.8 Å². The van der Waals surface area contributed by atoms with Gasteiger partial charge in [0.2, 0.25) is 0 Å². The second kappa shape index (κ2) is 9.68. The summed E-state index contributed by atoms with van der Waals surface area (Å²) in [5, 5.41) is 0. The average Bonchev–Trinajstić information content (AvgIpc) is 2.60. The van der Waals surface area contributed by atoms with Crippen LogP contribution in [0.15, 0.2) is 46.1 Å². The van der Waals surface area contributed by atoms with E-state index >= 15 is 0 Å². The van der Waals surface area contributed by atoms with Gasteiger partial charge in [0.1, 0.15) is 0 Å². The van der Waals surface area contributed by atoms with Gasteiger partial charge in [0.25, 0.3) is 0 Å². The molecular formula is C35H60. The first kappa shape index (κ1) is 30.2. The van der Waals surface area contributed by atoms with Crippen LogP contribution in [0.25, 0.3) is 0 Å². The smallest absolute Gasteiger partial charge is 0.00150 e. The Morgan fingerprint density at radius 3 is 1.66 bits per heavy atom. The van der Waals surface area contributed by atoms with Crippen LogP contribution in [0.2, 0.25) is 0 Å². The molecule has 0 aromatic rings. The SMILES string of the molecule is CC1=CC(C(C)(C)C)CC(C(C)(C)C)=C1CC(C)(C)CC1C(C)=CC(C(C)(C)C)C=C1C(C)(C)C. The molecule has 3 unspecified atom stereocenters. The fraction of sp³-hybridized carbons (Fsp3) is 0.771. The maximum atomic E-state index is 2.63. The second-order valence-corrected chi connectivity index (χ2v) is 17.0. The van der Waals surface area contributed by atoms with Crippen LogP contribution in [-0.4, -0.2) is 0 Å². The van der Waals surface area contributed by atoms with E-state index in [0.717, 1.165) is 0 Å². The van der Waals surface area contributed by atoms with Gasteiger partial charge in [0, 0.05) is 11.8 Å².